The van der Waals surface area contributed by atoms with Crippen LogP contribution in [0.15, 0.2) is 18.2 Å². The summed E-state index contributed by atoms with van der Waals surface area (Å²) in [7, 11) is 1.68. The summed E-state index contributed by atoms with van der Waals surface area (Å²) in [6.07, 6.45) is 0. The second-order valence-electron chi connectivity index (χ2n) is 4.90. The Morgan fingerprint density at radius 1 is 1.38 bits per heavy atom. The fourth-order valence-corrected chi connectivity index (χ4v) is 2.19. The fourth-order valence-electron chi connectivity index (χ4n) is 2.19. The number of ether oxygens (including phenoxy) is 2. The standard InChI is InChI=1S/C14H21N5O2/c1-4-21-13-11(6-5-7-12(13)15)14-16-17-18-19(14)8-10(2)9-20-3/h5-7,10H,4,8-9,15H2,1-3H3. The number of hydrogen-bond donors (Lipinski definition) is 1. The summed E-state index contributed by atoms with van der Waals surface area (Å²) < 4.78 is 12.5. The van der Waals surface area contributed by atoms with Gasteiger partial charge in [0.2, 0.25) is 0 Å². The highest BCUT2D eigenvalue weighted by molar-refractivity contribution is 5.73. The van der Waals surface area contributed by atoms with Crippen LogP contribution in [0.25, 0.3) is 11.4 Å². The fraction of sp³-hybridized carbons (Fsp3) is 0.500. The molecule has 0 amide bonds. The minimum Gasteiger partial charge on any atom is -0.491 e. The quantitative estimate of drug-likeness (QED) is 0.780. The van der Waals surface area contributed by atoms with Crippen molar-refractivity contribution in [3.8, 4) is 17.1 Å². The molecule has 0 saturated heterocycles. The number of nitrogen functional groups attached to an aromatic ring is 1. The maximum Gasteiger partial charge on any atom is 0.185 e. The van der Waals surface area contributed by atoms with Gasteiger partial charge in [-0.2, -0.15) is 0 Å². The highest BCUT2D eigenvalue weighted by atomic mass is 16.5. The molecule has 2 N–H and O–H groups in total. The summed E-state index contributed by atoms with van der Waals surface area (Å²) in [5.41, 5.74) is 7.36. The number of hydrogen-bond acceptors (Lipinski definition) is 6. The molecule has 1 unspecified atom stereocenters. The number of anilines is 1. The number of aromatic nitrogens is 4. The van der Waals surface area contributed by atoms with E-state index >= 15 is 0 Å². The molecule has 2 aromatic rings. The highest BCUT2D eigenvalue weighted by Crippen LogP contribution is 2.33. The molecule has 1 heterocycles. The number of methoxy groups -OCH3 is 1. The number of nitrogens with two attached hydrogens (primary N) is 1. The van der Waals surface area contributed by atoms with E-state index in [9.17, 15) is 0 Å². The summed E-state index contributed by atoms with van der Waals surface area (Å²) in [5.74, 6) is 1.57. The molecule has 0 radical (unpaired) electrons. The minimum atomic E-state index is 0.300. The first-order valence-electron chi connectivity index (χ1n) is 6.94. The monoisotopic (exact) mass is 291 g/mol. The van der Waals surface area contributed by atoms with Crippen LogP contribution in [-0.2, 0) is 11.3 Å². The van der Waals surface area contributed by atoms with Crippen molar-refractivity contribution in [1.82, 2.24) is 20.2 Å². The maximum absolute atomic E-state index is 5.99. The van der Waals surface area contributed by atoms with E-state index in [1.54, 1.807) is 17.9 Å². The molecular formula is C14H21N5O2. The first-order valence-corrected chi connectivity index (χ1v) is 6.94. The summed E-state index contributed by atoms with van der Waals surface area (Å²) in [6.45, 7) is 5.84. The van der Waals surface area contributed by atoms with Crippen LogP contribution in [0.2, 0.25) is 0 Å². The van der Waals surface area contributed by atoms with Gasteiger partial charge >= 0.3 is 0 Å². The zero-order valence-electron chi connectivity index (χ0n) is 12.6. The Morgan fingerprint density at radius 2 is 2.19 bits per heavy atom. The zero-order valence-corrected chi connectivity index (χ0v) is 12.6. The normalized spacial score (nSPS) is 12.3. The van der Waals surface area contributed by atoms with Gasteiger partial charge in [0.05, 0.1) is 24.5 Å². The number of benzene rings is 1. The summed E-state index contributed by atoms with van der Waals surface area (Å²) >= 11 is 0. The molecule has 7 heteroatoms. The predicted molar refractivity (Wildman–Crippen MR) is 79.9 cm³/mol. The van der Waals surface area contributed by atoms with Gasteiger partial charge in [0.15, 0.2) is 11.6 Å². The van der Waals surface area contributed by atoms with Crippen molar-refractivity contribution in [3.63, 3.8) is 0 Å². The van der Waals surface area contributed by atoms with E-state index in [0.717, 1.165) is 5.56 Å². The third kappa shape index (κ3) is 3.49. The van der Waals surface area contributed by atoms with Crippen molar-refractivity contribution in [3.05, 3.63) is 18.2 Å². The molecule has 0 spiro atoms. The van der Waals surface area contributed by atoms with Gasteiger partial charge in [-0.3, -0.25) is 0 Å². The van der Waals surface area contributed by atoms with Gasteiger partial charge in [-0.25, -0.2) is 4.68 Å². The third-order valence-corrected chi connectivity index (χ3v) is 3.04. The minimum absolute atomic E-state index is 0.300. The molecule has 21 heavy (non-hydrogen) atoms. The molecule has 0 bridgehead atoms. The number of rotatable bonds is 7. The molecule has 0 aliphatic carbocycles. The summed E-state index contributed by atoms with van der Waals surface area (Å²) in [5, 5.41) is 11.9. The van der Waals surface area contributed by atoms with Crippen LogP contribution in [0.3, 0.4) is 0 Å². The molecule has 1 aromatic carbocycles. The summed E-state index contributed by atoms with van der Waals surface area (Å²) in [4.78, 5) is 0. The Morgan fingerprint density at radius 3 is 2.90 bits per heavy atom. The molecule has 1 atom stereocenters. The van der Waals surface area contributed by atoms with E-state index < -0.39 is 0 Å². The van der Waals surface area contributed by atoms with E-state index in [-0.39, 0.29) is 0 Å². The molecule has 7 nitrogen and oxygen atoms in total. The largest absolute Gasteiger partial charge is 0.491 e. The van der Waals surface area contributed by atoms with Gasteiger partial charge in [-0.15, -0.1) is 5.10 Å². The van der Waals surface area contributed by atoms with E-state index in [1.165, 1.54) is 0 Å². The van der Waals surface area contributed by atoms with Crippen LogP contribution >= 0.6 is 0 Å². The van der Waals surface area contributed by atoms with Crippen molar-refractivity contribution < 1.29 is 9.47 Å². The Balaban J connectivity index is 2.35. The lowest BCUT2D eigenvalue weighted by molar-refractivity contribution is 0.149. The van der Waals surface area contributed by atoms with Crippen LogP contribution in [0.5, 0.6) is 5.75 Å². The van der Waals surface area contributed by atoms with Crippen molar-refractivity contribution >= 4 is 5.69 Å². The first-order chi connectivity index (χ1) is 10.2. The Labute approximate surface area is 124 Å². The van der Waals surface area contributed by atoms with Crippen LogP contribution in [-0.4, -0.2) is 40.5 Å². The van der Waals surface area contributed by atoms with Gasteiger partial charge in [0, 0.05) is 13.7 Å². The lowest BCUT2D eigenvalue weighted by Crippen LogP contribution is -2.15. The van der Waals surface area contributed by atoms with Crippen LogP contribution in [0, 0.1) is 5.92 Å². The lowest BCUT2D eigenvalue weighted by Gasteiger charge is -2.14. The molecule has 0 fully saturated rings. The van der Waals surface area contributed by atoms with Crippen LogP contribution < -0.4 is 10.5 Å². The molecule has 0 saturated carbocycles. The second kappa shape index (κ2) is 7.03. The molecule has 114 valence electrons. The van der Waals surface area contributed by atoms with Crippen LogP contribution in [0.1, 0.15) is 13.8 Å². The van der Waals surface area contributed by atoms with Gasteiger partial charge in [0.25, 0.3) is 0 Å². The number of nitrogens with zero attached hydrogens (tertiary/aromatic N) is 4. The highest BCUT2D eigenvalue weighted by Gasteiger charge is 2.17. The van der Waals surface area contributed by atoms with Crippen LogP contribution in [0.4, 0.5) is 5.69 Å². The predicted octanol–water partition coefficient (Wildman–Crippen LogP) is 1.60. The maximum atomic E-state index is 5.99. The van der Waals surface area contributed by atoms with E-state index in [1.807, 2.05) is 19.1 Å². The van der Waals surface area contributed by atoms with Crippen molar-refractivity contribution in [1.29, 1.82) is 0 Å². The average Bonchev–Trinajstić information content (AvgIpc) is 2.89. The van der Waals surface area contributed by atoms with Crippen molar-refractivity contribution in [2.75, 3.05) is 26.1 Å². The molecule has 0 aliphatic heterocycles. The number of para-hydroxylation sites is 1. The van der Waals surface area contributed by atoms with E-state index in [2.05, 4.69) is 22.4 Å². The SMILES string of the molecule is CCOc1c(N)cccc1-c1nnnn1CC(C)COC. The smallest absolute Gasteiger partial charge is 0.185 e. The van der Waals surface area contributed by atoms with Gasteiger partial charge in [0.1, 0.15) is 0 Å². The van der Waals surface area contributed by atoms with Gasteiger partial charge < -0.3 is 15.2 Å². The average molecular weight is 291 g/mol. The Kier molecular flexibility index (Phi) is 5.10. The zero-order chi connectivity index (χ0) is 15.2. The molecule has 0 aliphatic rings. The van der Waals surface area contributed by atoms with Gasteiger partial charge in [-0.1, -0.05) is 13.0 Å². The lowest BCUT2D eigenvalue weighted by atomic mass is 10.1. The van der Waals surface area contributed by atoms with E-state index in [4.69, 9.17) is 15.2 Å². The topological polar surface area (TPSA) is 88.1 Å². The Bertz CT molecular complexity index is 584. The summed E-state index contributed by atoms with van der Waals surface area (Å²) in [6, 6.07) is 5.57. The van der Waals surface area contributed by atoms with E-state index in [0.29, 0.717) is 42.9 Å². The number of tetrazole rings is 1. The third-order valence-electron chi connectivity index (χ3n) is 3.04. The first kappa shape index (κ1) is 15.2. The molecular weight excluding hydrogens is 270 g/mol. The van der Waals surface area contributed by atoms with Gasteiger partial charge in [-0.05, 0) is 35.4 Å². The van der Waals surface area contributed by atoms with Crippen molar-refractivity contribution in [2.45, 2.75) is 20.4 Å². The van der Waals surface area contributed by atoms with Crippen molar-refractivity contribution in [2.24, 2.45) is 5.92 Å². The molecule has 2 rings (SSSR count). The Hall–Kier alpha value is -2.15. The second-order valence-corrected chi connectivity index (χ2v) is 4.90. The molecule has 1 aromatic heterocycles.